The molecule has 1 amide bonds. The smallest absolute Gasteiger partial charge is 0.272 e. The number of hydrogen-bond donors (Lipinski definition) is 0. The molecule has 5 nitrogen and oxygen atoms in total. The molecule has 2 heterocycles. The van der Waals surface area contributed by atoms with Gasteiger partial charge in [0, 0.05) is 31.6 Å². The van der Waals surface area contributed by atoms with E-state index in [-0.39, 0.29) is 29.6 Å². The van der Waals surface area contributed by atoms with E-state index in [4.69, 9.17) is 0 Å². The zero-order valence-electron chi connectivity index (χ0n) is 16.8. The van der Waals surface area contributed by atoms with Crippen LogP contribution in [0.2, 0.25) is 0 Å². The number of carbonyl (C=O) groups excluding carboxylic acids is 1. The van der Waals surface area contributed by atoms with E-state index < -0.39 is 0 Å². The van der Waals surface area contributed by atoms with Crippen molar-refractivity contribution in [3.8, 4) is 0 Å². The molecule has 0 spiro atoms. The number of rotatable bonds is 5. The van der Waals surface area contributed by atoms with Gasteiger partial charge in [0.25, 0.3) is 5.91 Å². The van der Waals surface area contributed by atoms with E-state index in [1.165, 1.54) is 12.1 Å². The summed E-state index contributed by atoms with van der Waals surface area (Å²) in [6, 6.07) is 8.77. The lowest BCUT2D eigenvalue weighted by molar-refractivity contribution is 0.0770. The fourth-order valence-electron chi connectivity index (χ4n) is 3.81. The zero-order valence-corrected chi connectivity index (χ0v) is 16.8. The number of nitrogens with zero attached hydrogens (tertiary/aromatic N) is 4. The molecule has 1 aromatic heterocycles. The molecule has 146 valence electrons. The summed E-state index contributed by atoms with van der Waals surface area (Å²) in [7, 11) is 4.06. The summed E-state index contributed by atoms with van der Waals surface area (Å²) in [5.41, 5.74) is 2.66. The lowest BCUT2D eigenvalue weighted by Crippen LogP contribution is -2.36. The van der Waals surface area contributed by atoms with Gasteiger partial charge in [0.15, 0.2) is 0 Å². The van der Waals surface area contributed by atoms with Crippen molar-refractivity contribution < 1.29 is 9.18 Å². The Hall–Kier alpha value is -2.21. The van der Waals surface area contributed by atoms with Crippen LogP contribution in [0, 0.1) is 5.82 Å². The largest absolute Gasteiger partial charge is 0.335 e. The number of halogens is 1. The fourth-order valence-corrected chi connectivity index (χ4v) is 3.81. The van der Waals surface area contributed by atoms with Crippen molar-refractivity contribution in [3.63, 3.8) is 0 Å². The normalized spacial score (nSPS) is 20.1. The second-order valence-corrected chi connectivity index (χ2v) is 7.82. The molecule has 6 heteroatoms. The van der Waals surface area contributed by atoms with Crippen molar-refractivity contribution in [1.29, 1.82) is 0 Å². The van der Waals surface area contributed by atoms with E-state index in [0.717, 1.165) is 11.3 Å². The van der Waals surface area contributed by atoms with E-state index in [1.54, 1.807) is 4.68 Å². The Morgan fingerprint density at radius 1 is 1.26 bits per heavy atom. The number of likely N-dealkylation sites (N-methyl/N-ethyl adjacent to an activating group) is 1. The number of hydrogen-bond acceptors (Lipinski definition) is 3. The minimum atomic E-state index is -0.237. The maximum absolute atomic E-state index is 13.3. The van der Waals surface area contributed by atoms with Gasteiger partial charge < -0.3 is 9.80 Å². The van der Waals surface area contributed by atoms with Crippen molar-refractivity contribution >= 4 is 5.91 Å². The molecule has 27 heavy (non-hydrogen) atoms. The third-order valence-corrected chi connectivity index (χ3v) is 5.45. The topological polar surface area (TPSA) is 41.4 Å². The Labute approximate surface area is 160 Å². The molecule has 1 aromatic carbocycles. The molecular formula is C21H29FN4O. The van der Waals surface area contributed by atoms with Gasteiger partial charge >= 0.3 is 0 Å². The molecule has 1 saturated heterocycles. The van der Waals surface area contributed by atoms with Gasteiger partial charge in [-0.25, -0.2) is 4.39 Å². The first-order valence-corrected chi connectivity index (χ1v) is 9.60. The standard InChI is InChI=1S/C21H29FN4O/c1-6-26-19(11-18(23-26)14(2)3)21(27)25-12-17(20(13-25)24(4)5)15-7-9-16(22)10-8-15/h7-11,14,17,20H,6,12-13H2,1-5H3/t17-,20+/m1/s1. The van der Waals surface area contributed by atoms with Gasteiger partial charge in [0.05, 0.1) is 5.69 Å². The number of benzene rings is 1. The molecule has 3 rings (SSSR count). The van der Waals surface area contributed by atoms with Gasteiger partial charge in [-0.15, -0.1) is 0 Å². The molecule has 0 radical (unpaired) electrons. The van der Waals surface area contributed by atoms with Crippen molar-refractivity contribution in [2.75, 3.05) is 27.2 Å². The SMILES string of the molecule is CCn1nc(C(C)C)cc1C(=O)N1C[C@H](c2ccc(F)cc2)[C@@H](N(C)C)C1. The van der Waals surface area contributed by atoms with Crippen molar-refractivity contribution in [1.82, 2.24) is 19.6 Å². The summed E-state index contributed by atoms with van der Waals surface area (Å²) >= 11 is 0. The highest BCUT2D eigenvalue weighted by atomic mass is 19.1. The van der Waals surface area contributed by atoms with Crippen LogP contribution in [0.1, 0.15) is 54.4 Å². The molecule has 0 N–H and O–H groups in total. The Kier molecular flexibility index (Phi) is 5.65. The third kappa shape index (κ3) is 3.90. The van der Waals surface area contributed by atoms with Crippen LogP contribution in [0.15, 0.2) is 30.3 Å². The Morgan fingerprint density at radius 3 is 2.48 bits per heavy atom. The summed E-state index contributed by atoms with van der Waals surface area (Å²) < 4.78 is 15.1. The van der Waals surface area contributed by atoms with Gasteiger partial charge in [-0.1, -0.05) is 26.0 Å². The highest BCUT2D eigenvalue weighted by Gasteiger charge is 2.38. The molecule has 0 bridgehead atoms. The summed E-state index contributed by atoms with van der Waals surface area (Å²) in [6.07, 6.45) is 0. The highest BCUT2D eigenvalue weighted by molar-refractivity contribution is 5.93. The Bertz CT molecular complexity index is 797. The lowest BCUT2D eigenvalue weighted by Gasteiger charge is -2.25. The average Bonchev–Trinajstić information content (AvgIpc) is 3.26. The number of aromatic nitrogens is 2. The van der Waals surface area contributed by atoms with E-state index in [0.29, 0.717) is 25.3 Å². The molecule has 1 fully saturated rings. The second kappa shape index (κ2) is 7.80. The van der Waals surface area contributed by atoms with Gasteiger partial charge in [0.2, 0.25) is 0 Å². The van der Waals surface area contributed by atoms with Crippen LogP contribution in [0.25, 0.3) is 0 Å². The van der Waals surface area contributed by atoms with Crippen molar-refractivity contribution in [2.45, 2.75) is 45.2 Å². The molecule has 1 aliphatic rings. The number of aryl methyl sites for hydroxylation is 1. The number of amides is 1. The van der Waals surface area contributed by atoms with Crippen LogP contribution in [-0.2, 0) is 6.54 Å². The Balaban J connectivity index is 1.87. The molecule has 0 saturated carbocycles. The number of likely N-dealkylation sites (tertiary alicyclic amines) is 1. The molecule has 2 aromatic rings. The molecule has 1 aliphatic heterocycles. The second-order valence-electron chi connectivity index (χ2n) is 7.82. The van der Waals surface area contributed by atoms with Crippen LogP contribution in [-0.4, -0.2) is 58.7 Å². The van der Waals surface area contributed by atoms with E-state index in [1.807, 2.05) is 44.1 Å². The lowest BCUT2D eigenvalue weighted by atomic mass is 9.94. The maximum Gasteiger partial charge on any atom is 0.272 e. The summed E-state index contributed by atoms with van der Waals surface area (Å²) in [6.45, 7) is 8.11. The third-order valence-electron chi connectivity index (χ3n) is 5.45. The fraction of sp³-hybridized carbons (Fsp3) is 0.524. The minimum absolute atomic E-state index is 0.0210. The number of carbonyl (C=O) groups is 1. The van der Waals surface area contributed by atoms with Gasteiger partial charge in [-0.2, -0.15) is 5.10 Å². The first-order chi connectivity index (χ1) is 12.8. The van der Waals surface area contributed by atoms with E-state index >= 15 is 0 Å². The highest BCUT2D eigenvalue weighted by Crippen LogP contribution is 2.31. The first-order valence-electron chi connectivity index (χ1n) is 9.60. The van der Waals surface area contributed by atoms with Gasteiger partial charge in [-0.05, 0) is 50.7 Å². The maximum atomic E-state index is 13.3. The van der Waals surface area contributed by atoms with Crippen LogP contribution in [0.4, 0.5) is 4.39 Å². The van der Waals surface area contributed by atoms with Crippen LogP contribution in [0.3, 0.4) is 0 Å². The quantitative estimate of drug-likeness (QED) is 0.808. The van der Waals surface area contributed by atoms with Crippen LogP contribution < -0.4 is 0 Å². The van der Waals surface area contributed by atoms with Crippen LogP contribution >= 0.6 is 0 Å². The molecular weight excluding hydrogens is 343 g/mol. The Morgan fingerprint density at radius 2 is 1.93 bits per heavy atom. The summed E-state index contributed by atoms with van der Waals surface area (Å²) in [5.74, 6) is 0.225. The minimum Gasteiger partial charge on any atom is -0.335 e. The van der Waals surface area contributed by atoms with Crippen molar-refractivity contribution in [2.24, 2.45) is 0 Å². The average molecular weight is 372 g/mol. The van der Waals surface area contributed by atoms with Gasteiger partial charge in [0.1, 0.15) is 11.5 Å². The summed E-state index contributed by atoms with van der Waals surface area (Å²) in [5, 5.41) is 4.58. The molecule has 0 aliphatic carbocycles. The van der Waals surface area contributed by atoms with Gasteiger partial charge in [-0.3, -0.25) is 9.48 Å². The molecule has 0 unspecified atom stereocenters. The van der Waals surface area contributed by atoms with E-state index in [9.17, 15) is 9.18 Å². The van der Waals surface area contributed by atoms with Crippen molar-refractivity contribution in [3.05, 3.63) is 53.1 Å². The predicted octanol–water partition coefficient (Wildman–Crippen LogP) is 3.34. The zero-order chi connectivity index (χ0) is 19.7. The van der Waals surface area contributed by atoms with E-state index in [2.05, 4.69) is 23.8 Å². The monoisotopic (exact) mass is 372 g/mol. The molecule has 2 atom stereocenters. The van der Waals surface area contributed by atoms with Crippen LogP contribution in [0.5, 0.6) is 0 Å². The predicted molar refractivity (Wildman–Crippen MR) is 105 cm³/mol. The first kappa shape index (κ1) is 19.5. The summed E-state index contributed by atoms with van der Waals surface area (Å²) in [4.78, 5) is 17.3.